The van der Waals surface area contributed by atoms with Gasteiger partial charge in [0.2, 0.25) is 0 Å². The molecule has 130 valence electrons. The summed E-state index contributed by atoms with van der Waals surface area (Å²) in [6, 6.07) is 0.684. The number of nitrogens with zero attached hydrogens (tertiary/aromatic N) is 3. The number of ketones is 1. The van der Waals surface area contributed by atoms with Crippen molar-refractivity contribution in [1.82, 2.24) is 14.9 Å². The molecule has 1 saturated carbocycles. The third-order valence-corrected chi connectivity index (χ3v) is 5.84. The van der Waals surface area contributed by atoms with Crippen LogP contribution in [0.1, 0.15) is 69.7 Å². The molecule has 0 aromatic carbocycles. The van der Waals surface area contributed by atoms with Crippen LogP contribution in [-0.4, -0.2) is 39.8 Å². The summed E-state index contributed by atoms with van der Waals surface area (Å²) in [7, 11) is 0. The van der Waals surface area contributed by atoms with Crippen LogP contribution in [0.4, 0.5) is 0 Å². The molecule has 2 heterocycles. The van der Waals surface area contributed by atoms with Crippen LogP contribution < -0.4 is 0 Å². The molecule has 0 atom stereocenters. The molecule has 1 aliphatic heterocycles. The lowest BCUT2D eigenvalue weighted by Crippen LogP contribution is -2.43. The Labute approximate surface area is 145 Å². The lowest BCUT2D eigenvalue weighted by molar-refractivity contribution is -0.122. The van der Waals surface area contributed by atoms with Gasteiger partial charge in [0.25, 0.3) is 0 Å². The molecule has 4 nitrogen and oxygen atoms in total. The van der Waals surface area contributed by atoms with E-state index < -0.39 is 0 Å². The van der Waals surface area contributed by atoms with E-state index in [1.807, 2.05) is 19.3 Å². The van der Waals surface area contributed by atoms with E-state index in [0.717, 1.165) is 37.3 Å². The molecule has 2 fully saturated rings. The second kappa shape index (κ2) is 7.56. The molecule has 4 heteroatoms. The van der Waals surface area contributed by atoms with Crippen molar-refractivity contribution in [2.75, 3.05) is 13.1 Å². The highest BCUT2D eigenvalue weighted by Gasteiger charge is 2.30. The number of hydrogen-bond donors (Lipinski definition) is 0. The van der Waals surface area contributed by atoms with Crippen LogP contribution in [0.2, 0.25) is 0 Å². The van der Waals surface area contributed by atoms with E-state index in [1.54, 1.807) is 6.92 Å². The molecule has 2 aliphatic rings. The second-order valence-corrected chi connectivity index (χ2v) is 7.55. The van der Waals surface area contributed by atoms with Gasteiger partial charge in [-0.3, -0.25) is 4.79 Å². The topological polar surface area (TPSA) is 46.1 Å². The fourth-order valence-electron chi connectivity index (χ4n) is 4.21. The summed E-state index contributed by atoms with van der Waals surface area (Å²) in [5.41, 5.74) is 2.18. The van der Waals surface area contributed by atoms with Crippen LogP contribution in [0.5, 0.6) is 0 Å². The van der Waals surface area contributed by atoms with Gasteiger partial charge in [0.05, 0.1) is 0 Å². The van der Waals surface area contributed by atoms with Gasteiger partial charge in [-0.1, -0.05) is 6.58 Å². The molecule has 0 unspecified atom stereocenters. The van der Waals surface area contributed by atoms with E-state index in [2.05, 4.69) is 21.4 Å². The number of carbonyl (C=O) groups is 1. The third kappa shape index (κ3) is 3.92. The van der Waals surface area contributed by atoms with Crippen molar-refractivity contribution in [1.29, 1.82) is 0 Å². The molecule has 3 rings (SSSR count). The molecule has 0 amide bonds. The predicted molar refractivity (Wildman–Crippen MR) is 96.7 cm³/mol. The van der Waals surface area contributed by atoms with Crippen LogP contribution in [0.15, 0.2) is 19.0 Å². The predicted octanol–water partition coefficient (Wildman–Crippen LogP) is 3.84. The van der Waals surface area contributed by atoms with Gasteiger partial charge in [-0.05, 0) is 82.5 Å². The first-order valence-corrected chi connectivity index (χ1v) is 9.27. The van der Waals surface area contributed by atoms with Crippen LogP contribution in [-0.2, 0) is 4.79 Å². The van der Waals surface area contributed by atoms with Crippen LogP contribution in [0.3, 0.4) is 0 Å². The number of aromatic nitrogens is 2. The Kier molecular flexibility index (Phi) is 5.44. The Morgan fingerprint density at radius 1 is 1.04 bits per heavy atom. The number of hydrogen-bond acceptors (Lipinski definition) is 4. The normalized spacial score (nSPS) is 26.2. The molecule has 1 saturated heterocycles. The molecular weight excluding hydrogens is 298 g/mol. The zero-order chi connectivity index (χ0) is 17.1. The maximum Gasteiger partial charge on any atom is 0.154 e. The Balaban J connectivity index is 1.51. The number of Topliss-reactive ketones (excluding diaryl/α,β-unsaturated/α-hetero) is 1. The second-order valence-electron chi connectivity index (χ2n) is 7.55. The maximum atomic E-state index is 11.5. The van der Waals surface area contributed by atoms with E-state index >= 15 is 0 Å². The first-order chi connectivity index (χ1) is 11.5. The number of rotatable bonds is 4. The van der Waals surface area contributed by atoms with E-state index in [9.17, 15) is 4.79 Å². The first-order valence-electron chi connectivity index (χ1n) is 9.27. The maximum absolute atomic E-state index is 11.5. The molecule has 0 bridgehead atoms. The molecule has 1 aromatic heterocycles. The minimum atomic E-state index is 0.322. The Morgan fingerprint density at radius 2 is 1.62 bits per heavy atom. The average molecular weight is 327 g/mol. The lowest BCUT2D eigenvalue weighted by atomic mass is 9.82. The van der Waals surface area contributed by atoms with E-state index in [4.69, 9.17) is 0 Å². The van der Waals surface area contributed by atoms with Gasteiger partial charge in [0.1, 0.15) is 5.78 Å². The largest absolute Gasteiger partial charge is 0.300 e. The van der Waals surface area contributed by atoms with Crippen molar-refractivity contribution in [3.8, 4) is 0 Å². The van der Waals surface area contributed by atoms with Gasteiger partial charge in [-0.15, -0.1) is 0 Å². The Hall–Kier alpha value is -1.55. The monoisotopic (exact) mass is 327 g/mol. The minimum Gasteiger partial charge on any atom is -0.300 e. The van der Waals surface area contributed by atoms with Crippen molar-refractivity contribution in [3.63, 3.8) is 0 Å². The van der Waals surface area contributed by atoms with Gasteiger partial charge < -0.3 is 4.90 Å². The van der Waals surface area contributed by atoms with Gasteiger partial charge in [-0.25, -0.2) is 9.97 Å². The summed E-state index contributed by atoms with van der Waals surface area (Å²) in [6.45, 7) is 9.89. The highest BCUT2D eigenvalue weighted by molar-refractivity contribution is 5.78. The molecule has 0 N–H and O–H groups in total. The lowest BCUT2D eigenvalue weighted by Gasteiger charge is -2.40. The fraction of sp³-hybridized carbons (Fsp3) is 0.650. The van der Waals surface area contributed by atoms with Crippen molar-refractivity contribution in [2.45, 2.75) is 64.3 Å². The smallest absolute Gasteiger partial charge is 0.154 e. The van der Waals surface area contributed by atoms with Crippen LogP contribution in [0, 0.1) is 5.92 Å². The van der Waals surface area contributed by atoms with E-state index in [1.165, 1.54) is 31.2 Å². The van der Waals surface area contributed by atoms with Gasteiger partial charge in [0.15, 0.2) is 5.82 Å². The summed E-state index contributed by atoms with van der Waals surface area (Å²) in [4.78, 5) is 23.0. The van der Waals surface area contributed by atoms with Gasteiger partial charge in [0, 0.05) is 24.4 Å². The van der Waals surface area contributed by atoms with E-state index in [-0.39, 0.29) is 0 Å². The Morgan fingerprint density at radius 3 is 2.12 bits per heavy atom. The van der Waals surface area contributed by atoms with Crippen molar-refractivity contribution in [2.24, 2.45) is 5.92 Å². The van der Waals surface area contributed by atoms with Crippen molar-refractivity contribution >= 4 is 11.4 Å². The average Bonchev–Trinajstić information content (AvgIpc) is 2.62. The summed E-state index contributed by atoms with van der Waals surface area (Å²) in [6.07, 6.45) is 10.9. The van der Waals surface area contributed by atoms with E-state index in [0.29, 0.717) is 23.7 Å². The molecule has 1 aliphatic carbocycles. The molecule has 0 spiro atoms. The standard InChI is InChI=1S/C20H29N3O/c1-14(2)20-21-12-18(13-22-20)17-8-10-23(11-9-17)19-6-4-16(5-7-19)15(3)24/h12-13,16-17,19H,1,4-11H2,2-3H3/t16-,19+. The SMILES string of the molecule is C=C(C)c1ncc(C2CCN([C@H]3CC[C@@H](C(C)=O)CC3)CC2)cn1. The Bertz CT molecular complexity index is 579. The number of allylic oxidation sites excluding steroid dienone is 1. The summed E-state index contributed by atoms with van der Waals surface area (Å²) >= 11 is 0. The van der Waals surface area contributed by atoms with Crippen molar-refractivity contribution in [3.05, 3.63) is 30.4 Å². The summed E-state index contributed by atoms with van der Waals surface area (Å²) in [5, 5.41) is 0. The number of carbonyl (C=O) groups excluding carboxylic acids is 1. The number of piperidine rings is 1. The minimum absolute atomic E-state index is 0.322. The molecular formula is C20H29N3O. The fourth-order valence-corrected chi connectivity index (χ4v) is 4.21. The highest BCUT2D eigenvalue weighted by atomic mass is 16.1. The summed E-state index contributed by atoms with van der Waals surface area (Å²) in [5.74, 6) is 2.03. The molecule has 0 radical (unpaired) electrons. The molecule has 1 aromatic rings. The third-order valence-electron chi connectivity index (χ3n) is 5.84. The zero-order valence-electron chi connectivity index (χ0n) is 15.0. The van der Waals surface area contributed by atoms with Crippen LogP contribution in [0.25, 0.3) is 5.57 Å². The quantitative estimate of drug-likeness (QED) is 0.843. The van der Waals surface area contributed by atoms with Crippen molar-refractivity contribution < 1.29 is 4.79 Å². The van der Waals surface area contributed by atoms with Crippen LogP contribution >= 0.6 is 0 Å². The van der Waals surface area contributed by atoms with Gasteiger partial charge >= 0.3 is 0 Å². The summed E-state index contributed by atoms with van der Waals surface area (Å²) < 4.78 is 0. The van der Waals surface area contributed by atoms with Gasteiger partial charge in [-0.2, -0.15) is 0 Å². The molecule has 24 heavy (non-hydrogen) atoms. The number of likely N-dealkylation sites (tertiary alicyclic amines) is 1. The first kappa shape index (κ1) is 17.3. The zero-order valence-corrected chi connectivity index (χ0v) is 15.0. The highest BCUT2D eigenvalue weighted by Crippen LogP contribution is 2.33.